The molecule has 0 radical (unpaired) electrons. The highest BCUT2D eigenvalue weighted by Crippen LogP contribution is 2.50. The van der Waals surface area contributed by atoms with E-state index in [4.69, 9.17) is 4.74 Å². The molecule has 1 heterocycles. The Morgan fingerprint density at radius 3 is 2.79 bits per heavy atom. The summed E-state index contributed by atoms with van der Waals surface area (Å²) >= 11 is 0. The van der Waals surface area contributed by atoms with Crippen LogP contribution in [0.5, 0.6) is 0 Å². The molecule has 2 fully saturated rings. The van der Waals surface area contributed by atoms with E-state index in [0.717, 1.165) is 32.3 Å². The Morgan fingerprint density at radius 2 is 2.29 bits per heavy atom. The number of carbonyl (C=O) groups is 1. The fraction of sp³-hybridized carbons (Fsp3) is 0.917. The monoisotopic (exact) mass is 196 g/mol. The number of ether oxygens (including phenoxy) is 1. The van der Waals surface area contributed by atoms with Crippen LogP contribution in [0.1, 0.15) is 51.9 Å². The molecule has 1 saturated heterocycles. The minimum atomic E-state index is 0.110. The van der Waals surface area contributed by atoms with E-state index in [1.807, 2.05) is 0 Å². The second-order valence-electron chi connectivity index (χ2n) is 4.86. The highest BCUT2D eigenvalue weighted by Gasteiger charge is 2.46. The van der Waals surface area contributed by atoms with Crippen molar-refractivity contribution >= 4 is 5.78 Å². The minimum Gasteiger partial charge on any atom is -0.378 e. The van der Waals surface area contributed by atoms with Gasteiger partial charge >= 0.3 is 0 Å². The summed E-state index contributed by atoms with van der Waals surface area (Å²) in [6.07, 6.45) is 8.65. The molecule has 1 aliphatic carbocycles. The third kappa shape index (κ3) is 2.17. The van der Waals surface area contributed by atoms with Gasteiger partial charge in [-0.15, -0.1) is 0 Å². The molecule has 1 unspecified atom stereocenters. The maximum absolute atomic E-state index is 11.3. The number of rotatable bonds is 5. The predicted molar refractivity (Wildman–Crippen MR) is 55.2 cm³/mol. The molecule has 80 valence electrons. The average molecular weight is 196 g/mol. The van der Waals surface area contributed by atoms with Crippen LogP contribution in [0.4, 0.5) is 0 Å². The van der Waals surface area contributed by atoms with Crippen LogP contribution in [0.3, 0.4) is 0 Å². The van der Waals surface area contributed by atoms with E-state index >= 15 is 0 Å². The number of ketones is 1. The number of carbonyl (C=O) groups excluding carboxylic acids is 1. The van der Waals surface area contributed by atoms with Gasteiger partial charge in [-0.25, -0.2) is 0 Å². The fourth-order valence-corrected chi connectivity index (χ4v) is 2.47. The van der Waals surface area contributed by atoms with Crippen LogP contribution in [0.25, 0.3) is 0 Å². The summed E-state index contributed by atoms with van der Waals surface area (Å²) in [6.45, 7) is 2.70. The molecule has 0 N–H and O–H groups in total. The van der Waals surface area contributed by atoms with Gasteiger partial charge < -0.3 is 4.74 Å². The fourth-order valence-electron chi connectivity index (χ4n) is 2.47. The molecule has 0 bridgehead atoms. The standard InChI is InChI=1S/C12H20O2/c1-10(13)12(7-8-12)6-2-4-11-5-3-9-14-11/h11H,2-9H2,1H3. The van der Waals surface area contributed by atoms with Gasteiger partial charge in [0.1, 0.15) is 5.78 Å². The van der Waals surface area contributed by atoms with Gasteiger partial charge in [-0.05, 0) is 51.9 Å². The molecule has 0 amide bonds. The largest absolute Gasteiger partial charge is 0.378 e. The Kier molecular flexibility index (Phi) is 2.91. The van der Waals surface area contributed by atoms with Crippen molar-refractivity contribution in [2.75, 3.05) is 6.61 Å². The molecule has 1 atom stereocenters. The van der Waals surface area contributed by atoms with Crippen LogP contribution in [0, 0.1) is 5.41 Å². The predicted octanol–water partition coefficient (Wildman–Crippen LogP) is 2.70. The van der Waals surface area contributed by atoms with Gasteiger partial charge in [-0.3, -0.25) is 4.79 Å². The molecule has 2 nitrogen and oxygen atoms in total. The molecule has 0 spiro atoms. The zero-order valence-corrected chi connectivity index (χ0v) is 9.05. The first-order valence-electron chi connectivity index (χ1n) is 5.86. The first kappa shape index (κ1) is 10.2. The molecule has 2 aliphatic rings. The quantitative estimate of drug-likeness (QED) is 0.675. The molecular formula is C12H20O2. The third-order valence-electron chi connectivity index (χ3n) is 3.81. The van der Waals surface area contributed by atoms with E-state index in [9.17, 15) is 4.79 Å². The van der Waals surface area contributed by atoms with Crippen molar-refractivity contribution in [2.24, 2.45) is 5.41 Å². The lowest BCUT2D eigenvalue weighted by Crippen LogP contribution is -2.13. The summed E-state index contributed by atoms with van der Waals surface area (Å²) in [5.41, 5.74) is 0.110. The van der Waals surface area contributed by atoms with Gasteiger partial charge in [0.05, 0.1) is 6.10 Å². The second-order valence-corrected chi connectivity index (χ2v) is 4.86. The lowest BCUT2D eigenvalue weighted by molar-refractivity contribution is -0.122. The van der Waals surface area contributed by atoms with Crippen LogP contribution < -0.4 is 0 Å². The normalized spacial score (nSPS) is 29.1. The molecule has 1 saturated carbocycles. The highest BCUT2D eigenvalue weighted by molar-refractivity contribution is 5.84. The van der Waals surface area contributed by atoms with Crippen molar-refractivity contribution in [3.05, 3.63) is 0 Å². The summed E-state index contributed by atoms with van der Waals surface area (Å²) in [5.74, 6) is 0.407. The second kappa shape index (κ2) is 4.01. The van der Waals surface area contributed by atoms with E-state index in [1.165, 1.54) is 19.3 Å². The van der Waals surface area contributed by atoms with Crippen LogP contribution >= 0.6 is 0 Å². The van der Waals surface area contributed by atoms with Gasteiger partial charge in [0, 0.05) is 12.0 Å². The molecule has 2 rings (SSSR count). The van der Waals surface area contributed by atoms with Crippen LogP contribution in [-0.4, -0.2) is 18.5 Å². The molecule has 14 heavy (non-hydrogen) atoms. The van der Waals surface area contributed by atoms with E-state index in [2.05, 4.69) is 0 Å². The van der Waals surface area contributed by atoms with E-state index in [0.29, 0.717) is 11.9 Å². The molecular weight excluding hydrogens is 176 g/mol. The SMILES string of the molecule is CC(=O)C1(CCCC2CCCO2)CC1. The Balaban J connectivity index is 1.65. The Hall–Kier alpha value is -0.370. The smallest absolute Gasteiger partial charge is 0.135 e. The van der Waals surface area contributed by atoms with Gasteiger partial charge in [0.2, 0.25) is 0 Å². The van der Waals surface area contributed by atoms with Gasteiger partial charge in [-0.1, -0.05) is 0 Å². The van der Waals surface area contributed by atoms with Crippen molar-refractivity contribution in [3.8, 4) is 0 Å². The molecule has 1 aliphatic heterocycles. The van der Waals surface area contributed by atoms with E-state index < -0.39 is 0 Å². The maximum atomic E-state index is 11.3. The van der Waals surface area contributed by atoms with Crippen molar-refractivity contribution in [3.63, 3.8) is 0 Å². The lowest BCUT2D eigenvalue weighted by Gasteiger charge is -2.13. The molecule has 0 aromatic carbocycles. The van der Waals surface area contributed by atoms with Crippen molar-refractivity contribution in [2.45, 2.75) is 58.0 Å². The van der Waals surface area contributed by atoms with Crippen LogP contribution in [0.15, 0.2) is 0 Å². The molecule has 0 aromatic heterocycles. The molecule has 0 aromatic rings. The van der Waals surface area contributed by atoms with Gasteiger partial charge in [0.15, 0.2) is 0 Å². The van der Waals surface area contributed by atoms with E-state index in [1.54, 1.807) is 6.92 Å². The number of hydrogen-bond donors (Lipinski definition) is 0. The zero-order valence-electron chi connectivity index (χ0n) is 9.05. The number of Topliss-reactive ketones (excluding diaryl/α,β-unsaturated/α-hetero) is 1. The average Bonchev–Trinajstić information content (AvgIpc) is 2.76. The van der Waals surface area contributed by atoms with Gasteiger partial charge in [0.25, 0.3) is 0 Å². The maximum Gasteiger partial charge on any atom is 0.135 e. The lowest BCUT2D eigenvalue weighted by atomic mass is 9.94. The molecule has 2 heteroatoms. The summed E-state index contributed by atoms with van der Waals surface area (Å²) in [4.78, 5) is 11.3. The Morgan fingerprint density at radius 1 is 1.50 bits per heavy atom. The summed E-state index contributed by atoms with van der Waals surface area (Å²) < 4.78 is 5.56. The first-order chi connectivity index (χ1) is 6.73. The van der Waals surface area contributed by atoms with Crippen molar-refractivity contribution in [1.29, 1.82) is 0 Å². The third-order valence-corrected chi connectivity index (χ3v) is 3.81. The Labute approximate surface area is 86.0 Å². The number of hydrogen-bond acceptors (Lipinski definition) is 2. The van der Waals surface area contributed by atoms with Gasteiger partial charge in [-0.2, -0.15) is 0 Å². The van der Waals surface area contributed by atoms with Crippen LogP contribution in [-0.2, 0) is 9.53 Å². The Bertz CT molecular complexity index is 212. The first-order valence-corrected chi connectivity index (χ1v) is 5.86. The van der Waals surface area contributed by atoms with Crippen molar-refractivity contribution in [1.82, 2.24) is 0 Å². The zero-order chi connectivity index (χ0) is 10.0. The van der Waals surface area contributed by atoms with Crippen LogP contribution in [0.2, 0.25) is 0 Å². The topological polar surface area (TPSA) is 26.3 Å². The summed E-state index contributed by atoms with van der Waals surface area (Å²) in [5, 5.41) is 0. The highest BCUT2D eigenvalue weighted by atomic mass is 16.5. The minimum absolute atomic E-state index is 0.110. The summed E-state index contributed by atoms with van der Waals surface area (Å²) in [6, 6.07) is 0. The van der Waals surface area contributed by atoms with E-state index in [-0.39, 0.29) is 5.41 Å². The summed E-state index contributed by atoms with van der Waals surface area (Å²) in [7, 11) is 0. The van der Waals surface area contributed by atoms with Crippen molar-refractivity contribution < 1.29 is 9.53 Å².